The normalized spacial score (nSPS) is 10.5. The van der Waals surface area contributed by atoms with Gasteiger partial charge in [-0.1, -0.05) is 42.3 Å². The Balaban J connectivity index is 1.88. The third-order valence-corrected chi connectivity index (χ3v) is 3.49. The van der Waals surface area contributed by atoms with Gasteiger partial charge in [-0.15, -0.1) is 0 Å². The third kappa shape index (κ3) is 1.95. The predicted molar refractivity (Wildman–Crippen MR) is 86.0 cm³/mol. The number of anilines is 1. The van der Waals surface area contributed by atoms with Crippen molar-refractivity contribution in [3.05, 3.63) is 60.0 Å². The van der Waals surface area contributed by atoms with Gasteiger partial charge in [0.2, 0.25) is 0 Å². The van der Waals surface area contributed by atoms with Crippen LogP contribution in [0.2, 0.25) is 0 Å². The van der Waals surface area contributed by atoms with Gasteiger partial charge < -0.3 is 5.73 Å². The number of fused-ring (bicyclic) bond motifs is 2. The van der Waals surface area contributed by atoms with Gasteiger partial charge in [0.1, 0.15) is 17.8 Å². The second kappa shape index (κ2) is 4.86. The summed E-state index contributed by atoms with van der Waals surface area (Å²) in [6, 6.07) is 14.2. The highest BCUT2D eigenvalue weighted by Crippen LogP contribution is 2.19. The Morgan fingerprint density at radius 2 is 1.82 bits per heavy atom. The van der Waals surface area contributed by atoms with Crippen LogP contribution in [0.25, 0.3) is 21.8 Å². The zero-order chi connectivity index (χ0) is 14.9. The molecule has 0 bridgehead atoms. The molecule has 0 radical (unpaired) electrons. The summed E-state index contributed by atoms with van der Waals surface area (Å²) in [7, 11) is 0. The molecule has 0 saturated carbocycles. The van der Waals surface area contributed by atoms with E-state index in [1.807, 2.05) is 24.3 Å². The fourth-order valence-corrected chi connectivity index (χ4v) is 2.43. The fourth-order valence-electron chi connectivity index (χ4n) is 2.43. The number of rotatable bonds is 0. The molecule has 0 saturated heterocycles. The van der Waals surface area contributed by atoms with Crippen LogP contribution < -0.4 is 5.73 Å². The summed E-state index contributed by atoms with van der Waals surface area (Å²) in [5, 5.41) is 9.90. The molecule has 0 aliphatic heterocycles. The minimum atomic E-state index is 0.376. The van der Waals surface area contributed by atoms with Gasteiger partial charge in [-0.2, -0.15) is 5.10 Å². The van der Waals surface area contributed by atoms with Crippen molar-refractivity contribution in [2.24, 2.45) is 0 Å². The summed E-state index contributed by atoms with van der Waals surface area (Å²) in [5.74, 6) is 6.64. The SMILES string of the molecule is Nc1ncnc2n[nH]c(C#Cc3cccc4ccccc34)c12. The van der Waals surface area contributed by atoms with E-state index in [1.165, 1.54) is 6.33 Å². The molecule has 0 amide bonds. The zero-order valence-corrected chi connectivity index (χ0v) is 11.5. The summed E-state index contributed by atoms with van der Waals surface area (Å²) >= 11 is 0. The van der Waals surface area contributed by atoms with Crippen LogP contribution in [0.3, 0.4) is 0 Å². The molecule has 2 aromatic heterocycles. The van der Waals surface area contributed by atoms with Crippen LogP contribution in [0.1, 0.15) is 11.3 Å². The van der Waals surface area contributed by atoms with Crippen molar-refractivity contribution in [2.75, 3.05) is 5.73 Å². The topological polar surface area (TPSA) is 80.5 Å². The molecule has 0 aliphatic rings. The highest BCUT2D eigenvalue weighted by atomic mass is 15.2. The number of benzene rings is 2. The van der Waals surface area contributed by atoms with Crippen molar-refractivity contribution in [1.82, 2.24) is 20.2 Å². The van der Waals surface area contributed by atoms with E-state index in [9.17, 15) is 0 Å². The molecule has 0 spiro atoms. The van der Waals surface area contributed by atoms with Crippen molar-refractivity contribution < 1.29 is 0 Å². The molecular weight excluding hydrogens is 274 g/mol. The molecule has 5 nitrogen and oxygen atoms in total. The van der Waals surface area contributed by atoms with Crippen LogP contribution in [0.15, 0.2) is 48.8 Å². The molecule has 4 rings (SSSR count). The number of nitrogen functional groups attached to an aromatic ring is 1. The summed E-state index contributed by atoms with van der Waals surface area (Å²) in [6.45, 7) is 0. The maximum absolute atomic E-state index is 5.88. The Hall–Kier alpha value is -3.39. The average Bonchev–Trinajstić information content (AvgIpc) is 2.97. The Bertz CT molecular complexity index is 1050. The van der Waals surface area contributed by atoms with E-state index in [4.69, 9.17) is 5.73 Å². The van der Waals surface area contributed by atoms with Crippen LogP contribution in [0.4, 0.5) is 5.82 Å². The van der Waals surface area contributed by atoms with Gasteiger partial charge in [-0.25, -0.2) is 9.97 Å². The van der Waals surface area contributed by atoms with Crippen molar-refractivity contribution >= 4 is 27.6 Å². The van der Waals surface area contributed by atoms with E-state index >= 15 is 0 Å². The van der Waals surface area contributed by atoms with E-state index in [0.29, 0.717) is 22.5 Å². The Morgan fingerprint density at radius 3 is 2.77 bits per heavy atom. The van der Waals surface area contributed by atoms with E-state index < -0.39 is 0 Å². The van der Waals surface area contributed by atoms with Gasteiger partial charge in [0, 0.05) is 5.56 Å². The monoisotopic (exact) mass is 285 g/mol. The Kier molecular flexibility index (Phi) is 2.73. The summed E-state index contributed by atoms with van der Waals surface area (Å²) in [5.41, 5.74) is 7.99. The van der Waals surface area contributed by atoms with Crippen LogP contribution in [0.5, 0.6) is 0 Å². The van der Waals surface area contributed by atoms with Gasteiger partial charge in [0.25, 0.3) is 0 Å². The molecule has 2 heterocycles. The number of nitrogens with one attached hydrogen (secondary N) is 1. The van der Waals surface area contributed by atoms with E-state index in [0.717, 1.165) is 16.3 Å². The first-order chi connectivity index (χ1) is 10.8. The standard InChI is InChI=1S/C17H11N5/c18-16-15-14(21-22-17(15)20-10-19-16)9-8-12-6-3-5-11-4-1-2-7-13(11)12/h1-7,10H,(H3,18,19,20,21,22). The first kappa shape index (κ1) is 12.4. The molecular formula is C17H11N5. The Labute approximate surface area is 126 Å². The molecule has 104 valence electrons. The van der Waals surface area contributed by atoms with Crippen LogP contribution >= 0.6 is 0 Å². The number of H-pyrrole nitrogens is 1. The van der Waals surface area contributed by atoms with Gasteiger partial charge in [-0.3, -0.25) is 5.10 Å². The van der Waals surface area contributed by atoms with E-state index in [2.05, 4.69) is 50.2 Å². The van der Waals surface area contributed by atoms with Crippen molar-refractivity contribution in [1.29, 1.82) is 0 Å². The number of hydrogen-bond acceptors (Lipinski definition) is 4. The average molecular weight is 285 g/mol. The molecule has 3 N–H and O–H groups in total. The maximum Gasteiger partial charge on any atom is 0.187 e. The molecule has 5 heteroatoms. The number of nitrogens with zero attached hydrogens (tertiary/aromatic N) is 3. The highest BCUT2D eigenvalue weighted by Gasteiger charge is 2.08. The van der Waals surface area contributed by atoms with Crippen LogP contribution in [0, 0.1) is 11.8 Å². The molecule has 0 unspecified atom stereocenters. The third-order valence-electron chi connectivity index (χ3n) is 3.49. The van der Waals surface area contributed by atoms with Crippen molar-refractivity contribution in [3.8, 4) is 11.8 Å². The lowest BCUT2D eigenvalue weighted by Gasteiger charge is -1.99. The number of hydrogen-bond donors (Lipinski definition) is 2. The lowest BCUT2D eigenvalue weighted by Crippen LogP contribution is -1.92. The van der Waals surface area contributed by atoms with Crippen LogP contribution in [-0.2, 0) is 0 Å². The predicted octanol–water partition coefficient (Wildman–Crippen LogP) is 2.49. The number of aromatic nitrogens is 4. The summed E-state index contributed by atoms with van der Waals surface area (Å²) in [6.07, 6.45) is 1.39. The zero-order valence-electron chi connectivity index (χ0n) is 11.5. The molecule has 4 aromatic rings. The van der Waals surface area contributed by atoms with E-state index in [-0.39, 0.29) is 0 Å². The Morgan fingerprint density at radius 1 is 0.955 bits per heavy atom. The van der Waals surface area contributed by atoms with Gasteiger partial charge in [0.05, 0.1) is 5.39 Å². The number of nitrogens with two attached hydrogens (primary N) is 1. The minimum absolute atomic E-state index is 0.376. The van der Waals surface area contributed by atoms with Gasteiger partial charge >= 0.3 is 0 Å². The molecule has 2 aromatic carbocycles. The second-order valence-electron chi connectivity index (χ2n) is 4.83. The summed E-state index contributed by atoms with van der Waals surface area (Å²) in [4.78, 5) is 8.05. The minimum Gasteiger partial charge on any atom is -0.383 e. The lowest BCUT2D eigenvalue weighted by atomic mass is 10.0. The largest absolute Gasteiger partial charge is 0.383 e. The van der Waals surface area contributed by atoms with Gasteiger partial charge in [0.15, 0.2) is 5.65 Å². The lowest BCUT2D eigenvalue weighted by molar-refractivity contribution is 1.08. The van der Waals surface area contributed by atoms with Crippen molar-refractivity contribution in [3.63, 3.8) is 0 Å². The van der Waals surface area contributed by atoms with Gasteiger partial charge in [-0.05, 0) is 22.8 Å². The molecule has 0 atom stereocenters. The van der Waals surface area contributed by atoms with Crippen LogP contribution in [-0.4, -0.2) is 20.2 Å². The fraction of sp³-hybridized carbons (Fsp3) is 0. The number of aromatic amines is 1. The quantitative estimate of drug-likeness (QED) is 0.486. The summed E-state index contributed by atoms with van der Waals surface area (Å²) < 4.78 is 0. The maximum atomic E-state index is 5.88. The first-order valence-electron chi connectivity index (χ1n) is 6.77. The second-order valence-corrected chi connectivity index (χ2v) is 4.83. The molecule has 0 fully saturated rings. The molecule has 22 heavy (non-hydrogen) atoms. The van der Waals surface area contributed by atoms with Crippen molar-refractivity contribution in [2.45, 2.75) is 0 Å². The van der Waals surface area contributed by atoms with E-state index in [1.54, 1.807) is 0 Å². The molecule has 0 aliphatic carbocycles. The first-order valence-corrected chi connectivity index (χ1v) is 6.77. The smallest absolute Gasteiger partial charge is 0.187 e. The highest BCUT2D eigenvalue weighted by molar-refractivity contribution is 5.91.